The Balaban J connectivity index is 1.77. The highest BCUT2D eigenvalue weighted by Crippen LogP contribution is 2.15. The van der Waals surface area contributed by atoms with Crippen LogP contribution in [0.1, 0.15) is 11.3 Å². The van der Waals surface area contributed by atoms with Gasteiger partial charge in [-0.2, -0.15) is 0 Å². The van der Waals surface area contributed by atoms with E-state index in [-0.39, 0.29) is 19.6 Å². The number of rotatable bonds is 6. The zero-order valence-electron chi connectivity index (χ0n) is 13.7. The topological polar surface area (TPSA) is 86.2 Å². The van der Waals surface area contributed by atoms with E-state index in [4.69, 9.17) is 16.0 Å². The van der Waals surface area contributed by atoms with Crippen molar-refractivity contribution in [3.8, 4) is 0 Å². The molecular formula is C18H16ClN3O4. The standard InChI is InChI=1S/C18H16ClN3O4/c19-15-6-2-1-4-13(15)11-21-8-7-17(24)22(18(21)25)12-16(23)20-10-14-5-3-9-26-14/h1-9H,10-12H2,(H,20,23). The molecule has 0 radical (unpaired) electrons. The maximum atomic E-state index is 12.6. The van der Waals surface area contributed by atoms with Crippen LogP contribution in [0, 0.1) is 0 Å². The minimum Gasteiger partial charge on any atom is -0.467 e. The van der Waals surface area contributed by atoms with Crippen molar-refractivity contribution in [2.45, 2.75) is 19.6 Å². The molecule has 2 heterocycles. The first kappa shape index (κ1) is 17.8. The quantitative estimate of drug-likeness (QED) is 0.711. The Hall–Kier alpha value is -3.06. The average molecular weight is 374 g/mol. The van der Waals surface area contributed by atoms with Crippen molar-refractivity contribution in [2.24, 2.45) is 0 Å². The summed E-state index contributed by atoms with van der Waals surface area (Å²) in [6, 6.07) is 11.8. The van der Waals surface area contributed by atoms with Crippen LogP contribution in [0.5, 0.6) is 0 Å². The highest BCUT2D eigenvalue weighted by molar-refractivity contribution is 6.31. The molecule has 7 nitrogen and oxygen atoms in total. The lowest BCUT2D eigenvalue weighted by molar-refractivity contribution is -0.122. The van der Waals surface area contributed by atoms with E-state index in [1.54, 1.807) is 30.3 Å². The van der Waals surface area contributed by atoms with Crippen molar-refractivity contribution in [2.75, 3.05) is 0 Å². The number of benzene rings is 1. The van der Waals surface area contributed by atoms with Crippen LogP contribution in [-0.4, -0.2) is 15.0 Å². The van der Waals surface area contributed by atoms with E-state index >= 15 is 0 Å². The van der Waals surface area contributed by atoms with Gasteiger partial charge < -0.3 is 9.73 Å². The summed E-state index contributed by atoms with van der Waals surface area (Å²) in [4.78, 5) is 36.6. The Labute approximate surface area is 153 Å². The number of carbonyl (C=O) groups excluding carboxylic acids is 1. The van der Waals surface area contributed by atoms with Crippen LogP contribution in [0.15, 0.2) is 68.9 Å². The molecule has 0 atom stereocenters. The number of amides is 1. The summed E-state index contributed by atoms with van der Waals surface area (Å²) in [5.41, 5.74) is -0.382. The molecular weight excluding hydrogens is 358 g/mol. The van der Waals surface area contributed by atoms with Crippen LogP contribution in [0.3, 0.4) is 0 Å². The number of furan rings is 1. The van der Waals surface area contributed by atoms with E-state index in [1.807, 2.05) is 6.07 Å². The Morgan fingerprint density at radius 2 is 1.92 bits per heavy atom. The van der Waals surface area contributed by atoms with Crippen molar-refractivity contribution in [3.63, 3.8) is 0 Å². The van der Waals surface area contributed by atoms with E-state index in [2.05, 4.69) is 5.32 Å². The molecule has 3 rings (SSSR count). The van der Waals surface area contributed by atoms with Crippen molar-refractivity contribution < 1.29 is 9.21 Å². The number of nitrogens with one attached hydrogen (secondary N) is 1. The van der Waals surface area contributed by atoms with Crippen molar-refractivity contribution >= 4 is 17.5 Å². The fourth-order valence-corrected chi connectivity index (χ4v) is 2.63. The Morgan fingerprint density at radius 1 is 1.12 bits per heavy atom. The number of aromatic nitrogens is 2. The van der Waals surface area contributed by atoms with Gasteiger partial charge in [-0.15, -0.1) is 0 Å². The van der Waals surface area contributed by atoms with Crippen LogP contribution in [-0.2, 0) is 24.4 Å². The zero-order valence-corrected chi connectivity index (χ0v) is 14.5. The van der Waals surface area contributed by atoms with Crippen molar-refractivity contribution in [3.05, 3.63) is 92.1 Å². The fraction of sp³-hybridized carbons (Fsp3) is 0.167. The van der Waals surface area contributed by atoms with Crippen LogP contribution >= 0.6 is 11.6 Å². The molecule has 0 aliphatic heterocycles. The summed E-state index contributed by atoms with van der Waals surface area (Å²) < 4.78 is 7.34. The summed E-state index contributed by atoms with van der Waals surface area (Å²) in [7, 11) is 0. The van der Waals surface area contributed by atoms with E-state index in [0.29, 0.717) is 10.8 Å². The van der Waals surface area contributed by atoms with Gasteiger partial charge in [0, 0.05) is 17.3 Å². The minimum absolute atomic E-state index is 0.182. The molecule has 1 N–H and O–H groups in total. The van der Waals surface area contributed by atoms with Gasteiger partial charge in [0.1, 0.15) is 12.3 Å². The average Bonchev–Trinajstić information content (AvgIpc) is 3.14. The molecule has 2 aromatic heterocycles. The lowest BCUT2D eigenvalue weighted by atomic mass is 10.2. The number of hydrogen-bond acceptors (Lipinski definition) is 4. The predicted molar refractivity (Wildman–Crippen MR) is 96.1 cm³/mol. The van der Waals surface area contributed by atoms with E-state index < -0.39 is 17.2 Å². The molecule has 134 valence electrons. The summed E-state index contributed by atoms with van der Waals surface area (Å²) in [6.45, 7) is 0.00969. The van der Waals surface area contributed by atoms with E-state index in [1.165, 1.54) is 23.1 Å². The Morgan fingerprint density at radius 3 is 2.65 bits per heavy atom. The monoisotopic (exact) mass is 373 g/mol. The largest absolute Gasteiger partial charge is 0.467 e. The Bertz CT molecular complexity index is 1020. The van der Waals surface area contributed by atoms with Gasteiger partial charge in [-0.3, -0.25) is 18.7 Å². The summed E-state index contributed by atoms with van der Waals surface area (Å²) in [5.74, 6) is 0.117. The molecule has 0 saturated carbocycles. The molecule has 0 bridgehead atoms. The number of nitrogens with zero attached hydrogens (tertiary/aromatic N) is 2. The first-order chi connectivity index (χ1) is 12.5. The van der Waals surface area contributed by atoms with Crippen LogP contribution in [0.4, 0.5) is 0 Å². The minimum atomic E-state index is -0.578. The van der Waals surface area contributed by atoms with Gasteiger partial charge in [-0.1, -0.05) is 29.8 Å². The lowest BCUT2D eigenvalue weighted by Crippen LogP contribution is -2.43. The SMILES string of the molecule is O=C(Cn1c(=O)ccn(Cc2ccccc2Cl)c1=O)NCc1ccco1. The van der Waals surface area contributed by atoms with E-state index in [0.717, 1.165) is 10.1 Å². The van der Waals surface area contributed by atoms with Crippen LogP contribution in [0.2, 0.25) is 5.02 Å². The lowest BCUT2D eigenvalue weighted by Gasteiger charge is -2.11. The number of hydrogen-bond donors (Lipinski definition) is 1. The Kier molecular flexibility index (Phi) is 5.38. The second-order valence-corrected chi connectivity index (χ2v) is 6.01. The smallest absolute Gasteiger partial charge is 0.331 e. The summed E-state index contributed by atoms with van der Waals surface area (Å²) in [5, 5.41) is 3.13. The fourth-order valence-electron chi connectivity index (χ4n) is 2.43. The number of halogens is 1. The second kappa shape index (κ2) is 7.88. The molecule has 26 heavy (non-hydrogen) atoms. The maximum Gasteiger partial charge on any atom is 0.331 e. The highest BCUT2D eigenvalue weighted by Gasteiger charge is 2.11. The van der Waals surface area contributed by atoms with Gasteiger partial charge in [0.15, 0.2) is 0 Å². The van der Waals surface area contributed by atoms with Gasteiger partial charge >= 0.3 is 5.69 Å². The van der Waals surface area contributed by atoms with Gasteiger partial charge in [-0.05, 0) is 23.8 Å². The molecule has 0 spiro atoms. The molecule has 0 saturated heterocycles. The first-order valence-corrected chi connectivity index (χ1v) is 8.25. The highest BCUT2D eigenvalue weighted by atomic mass is 35.5. The van der Waals surface area contributed by atoms with Gasteiger partial charge in [0.05, 0.1) is 19.4 Å². The molecule has 1 aromatic carbocycles. The number of carbonyl (C=O) groups is 1. The molecule has 0 aliphatic rings. The van der Waals surface area contributed by atoms with Crippen molar-refractivity contribution in [1.82, 2.24) is 14.5 Å². The molecule has 3 aromatic rings. The third-order valence-corrected chi connectivity index (χ3v) is 4.15. The van der Waals surface area contributed by atoms with Gasteiger partial charge in [-0.25, -0.2) is 4.79 Å². The molecule has 0 unspecified atom stereocenters. The molecule has 8 heteroatoms. The van der Waals surface area contributed by atoms with Gasteiger partial charge in [0.2, 0.25) is 5.91 Å². The van der Waals surface area contributed by atoms with Crippen LogP contribution < -0.4 is 16.6 Å². The normalized spacial score (nSPS) is 10.7. The van der Waals surface area contributed by atoms with E-state index in [9.17, 15) is 14.4 Å². The molecule has 0 aliphatic carbocycles. The van der Waals surface area contributed by atoms with Crippen molar-refractivity contribution in [1.29, 1.82) is 0 Å². The molecule has 1 amide bonds. The second-order valence-electron chi connectivity index (χ2n) is 5.60. The predicted octanol–water partition coefficient (Wildman–Crippen LogP) is 1.62. The zero-order chi connectivity index (χ0) is 18.5. The molecule has 0 fully saturated rings. The maximum absolute atomic E-state index is 12.6. The van der Waals surface area contributed by atoms with Crippen LogP contribution in [0.25, 0.3) is 0 Å². The summed E-state index contributed by atoms with van der Waals surface area (Å²) >= 11 is 6.12. The van der Waals surface area contributed by atoms with Gasteiger partial charge in [0.25, 0.3) is 5.56 Å². The summed E-state index contributed by atoms with van der Waals surface area (Å²) in [6.07, 6.45) is 2.89. The first-order valence-electron chi connectivity index (χ1n) is 7.87. The third kappa shape index (κ3) is 4.12. The third-order valence-electron chi connectivity index (χ3n) is 3.78.